The molecular weight excluding hydrogens is 358 g/mol. The quantitative estimate of drug-likeness (QED) is 0.764. The summed E-state index contributed by atoms with van der Waals surface area (Å²) in [6.45, 7) is 0.960. The van der Waals surface area contributed by atoms with E-state index in [9.17, 15) is 22.8 Å². The zero-order chi connectivity index (χ0) is 22.0. The molecule has 2 aliphatic heterocycles. The lowest BCUT2D eigenvalue weighted by molar-refractivity contribution is -0.133. The minimum atomic E-state index is -4.95. The number of sulfonamides is 1. The maximum absolute atomic E-state index is 13.3. The molecule has 9 heteroatoms. The van der Waals surface area contributed by atoms with E-state index in [0.29, 0.717) is 6.42 Å². The van der Waals surface area contributed by atoms with Gasteiger partial charge in [-0.15, -0.1) is 0 Å². The third-order valence-corrected chi connectivity index (χ3v) is 5.64. The van der Waals surface area contributed by atoms with Gasteiger partial charge in [0.25, 0.3) is 10.0 Å². The number of carbonyl (C=O) groups excluding carboxylic acids is 3. The Hall–Kier alpha value is -1.87. The molecule has 8 nitrogen and oxygen atoms in total. The van der Waals surface area contributed by atoms with Crippen LogP contribution in [0.4, 0.5) is 0 Å². The van der Waals surface area contributed by atoms with Crippen molar-refractivity contribution in [2.45, 2.75) is 52.0 Å². The number of allylic oxidation sites excluding steroid dienone is 1. The van der Waals surface area contributed by atoms with E-state index in [1.54, 1.807) is 0 Å². The van der Waals surface area contributed by atoms with Crippen LogP contribution in [0.3, 0.4) is 0 Å². The average Bonchev–Trinajstić information content (AvgIpc) is 2.72. The second-order valence-electron chi connectivity index (χ2n) is 6.47. The molecular formula is C17H25N3O5S. The van der Waals surface area contributed by atoms with Crippen LogP contribution in [0.25, 0.3) is 0 Å². The standard InChI is InChI=1S/C17H25N3O5S/c1-12(2)7-8-16(23)20(13-5-3-9-18-11-15(13)22)26(24,25)17-14(21)6-4-10-19-17/h4,10,12-13,18H,3,5-9,11H2,1-2H3/t13-/m0/s1/i11D2,13D. The van der Waals surface area contributed by atoms with Crippen molar-refractivity contribution in [1.82, 2.24) is 9.62 Å². The van der Waals surface area contributed by atoms with E-state index in [4.69, 9.17) is 4.11 Å². The first-order valence-electron chi connectivity index (χ1n) is 9.98. The molecule has 0 saturated carbocycles. The first-order valence-corrected chi connectivity index (χ1v) is 9.92. The number of nitrogens with zero attached hydrogens (tertiary/aromatic N) is 2. The highest BCUT2D eigenvalue weighted by atomic mass is 32.2. The van der Waals surface area contributed by atoms with Crippen LogP contribution in [0.15, 0.2) is 17.3 Å². The molecule has 0 bridgehead atoms. The Balaban J connectivity index is 2.62. The average molecular weight is 386 g/mol. The van der Waals surface area contributed by atoms with Crippen LogP contribution in [0.2, 0.25) is 0 Å². The van der Waals surface area contributed by atoms with Crippen LogP contribution in [0.1, 0.15) is 50.1 Å². The SMILES string of the molecule is [2H]C1([2H])NCCC[C@]([2H])(N(C(=O)CCC(C)C)S(=O)(=O)C2=NC=CCC2=O)C1=O. The highest BCUT2D eigenvalue weighted by molar-refractivity contribution is 8.06. The number of carbonyl (C=O) groups is 3. The molecule has 0 aromatic carbocycles. The van der Waals surface area contributed by atoms with Crippen molar-refractivity contribution in [3.05, 3.63) is 12.3 Å². The Morgan fingerprint density at radius 2 is 2.23 bits per heavy atom. The van der Waals surface area contributed by atoms with E-state index in [2.05, 4.69) is 10.3 Å². The summed E-state index contributed by atoms with van der Waals surface area (Å²) in [5.74, 6) is -3.26. The number of Topliss-reactive ketones (excluding diaryl/α,β-unsaturated/α-hetero) is 2. The first-order chi connectivity index (χ1) is 13.3. The van der Waals surface area contributed by atoms with Gasteiger partial charge in [-0.3, -0.25) is 14.4 Å². The maximum atomic E-state index is 13.3. The number of ketones is 2. The van der Waals surface area contributed by atoms with E-state index < -0.39 is 51.5 Å². The fourth-order valence-corrected chi connectivity index (χ4v) is 4.11. The minimum Gasteiger partial charge on any atom is -0.310 e. The Morgan fingerprint density at radius 3 is 2.88 bits per heavy atom. The lowest BCUT2D eigenvalue weighted by Crippen LogP contribution is -2.52. The Labute approximate surface area is 158 Å². The molecule has 2 heterocycles. The predicted octanol–water partition coefficient (Wildman–Crippen LogP) is 0.787. The van der Waals surface area contributed by atoms with E-state index in [0.717, 1.165) is 6.20 Å². The molecule has 0 aromatic rings. The second-order valence-corrected chi connectivity index (χ2v) is 8.18. The van der Waals surface area contributed by atoms with Crippen molar-refractivity contribution in [2.24, 2.45) is 10.9 Å². The van der Waals surface area contributed by atoms with Gasteiger partial charge in [-0.2, -0.15) is 8.42 Å². The third kappa shape index (κ3) is 4.64. The van der Waals surface area contributed by atoms with Crippen molar-refractivity contribution in [2.75, 3.05) is 13.0 Å². The van der Waals surface area contributed by atoms with E-state index in [1.165, 1.54) is 6.08 Å². The lowest BCUT2D eigenvalue weighted by atomic mass is 10.1. The van der Waals surface area contributed by atoms with Crippen LogP contribution < -0.4 is 5.32 Å². The van der Waals surface area contributed by atoms with Crippen LogP contribution in [0.5, 0.6) is 0 Å². The van der Waals surface area contributed by atoms with E-state index in [1.807, 2.05) is 13.8 Å². The molecule has 0 unspecified atom stereocenters. The number of hydrogen-bond acceptors (Lipinski definition) is 7. The minimum absolute atomic E-state index is 0.0239. The Morgan fingerprint density at radius 1 is 1.50 bits per heavy atom. The van der Waals surface area contributed by atoms with E-state index in [-0.39, 0.29) is 36.0 Å². The fraction of sp³-hybridized carbons (Fsp3) is 0.647. The third-order valence-electron chi connectivity index (χ3n) is 3.91. The summed E-state index contributed by atoms with van der Waals surface area (Å²) in [6, 6.07) is -2.73. The normalized spacial score (nSPS) is 28.0. The fourth-order valence-electron chi connectivity index (χ4n) is 2.55. The molecule has 0 spiro atoms. The molecule has 1 atom stereocenters. The largest absolute Gasteiger partial charge is 0.310 e. The highest BCUT2D eigenvalue weighted by Crippen LogP contribution is 2.21. The van der Waals surface area contributed by atoms with E-state index >= 15 is 0 Å². The van der Waals surface area contributed by atoms with Gasteiger partial charge in [-0.1, -0.05) is 19.9 Å². The summed E-state index contributed by atoms with van der Waals surface area (Å²) in [4.78, 5) is 41.6. The zero-order valence-corrected chi connectivity index (χ0v) is 15.6. The van der Waals surface area contributed by atoms with Crippen molar-refractivity contribution in [3.63, 3.8) is 0 Å². The Kier molecular flexibility index (Phi) is 5.45. The molecule has 1 amide bonds. The van der Waals surface area contributed by atoms with Crippen molar-refractivity contribution < 1.29 is 26.9 Å². The molecule has 1 saturated heterocycles. The molecule has 0 radical (unpaired) electrons. The Bertz CT molecular complexity index is 870. The smallest absolute Gasteiger partial charge is 0.288 e. The monoisotopic (exact) mass is 386 g/mol. The molecule has 26 heavy (non-hydrogen) atoms. The van der Waals surface area contributed by atoms with Gasteiger partial charge in [-0.05, 0) is 31.7 Å². The molecule has 0 aliphatic carbocycles. The number of hydrogen-bond donors (Lipinski definition) is 1. The van der Waals surface area contributed by atoms with Crippen LogP contribution >= 0.6 is 0 Å². The first kappa shape index (κ1) is 16.3. The maximum Gasteiger partial charge on any atom is 0.288 e. The molecule has 2 aliphatic rings. The van der Waals surface area contributed by atoms with Gasteiger partial charge >= 0.3 is 0 Å². The van der Waals surface area contributed by atoms with Crippen molar-refractivity contribution in [1.29, 1.82) is 0 Å². The van der Waals surface area contributed by atoms with Crippen molar-refractivity contribution >= 4 is 32.5 Å². The van der Waals surface area contributed by atoms with Crippen LogP contribution in [0, 0.1) is 5.92 Å². The summed E-state index contributed by atoms with van der Waals surface area (Å²) in [5.41, 5.74) is 0. The van der Waals surface area contributed by atoms with Gasteiger partial charge in [0.05, 0.1) is 10.6 Å². The number of amides is 1. The number of rotatable bonds is 4. The highest BCUT2D eigenvalue weighted by Gasteiger charge is 2.43. The van der Waals surface area contributed by atoms with Crippen LogP contribution in [-0.2, 0) is 24.4 Å². The van der Waals surface area contributed by atoms with Gasteiger partial charge in [-0.25, -0.2) is 9.30 Å². The topological polar surface area (TPSA) is 113 Å². The summed E-state index contributed by atoms with van der Waals surface area (Å²) < 4.78 is 51.0. The molecule has 0 aromatic heterocycles. The summed E-state index contributed by atoms with van der Waals surface area (Å²) in [7, 11) is -4.95. The molecule has 1 fully saturated rings. The summed E-state index contributed by atoms with van der Waals surface area (Å²) >= 11 is 0. The zero-order valence-electron chi connectivity index (χ0n) is 17.8. The van der Waals surface area contributed by atoms with Gasteiger partial charge in [0.15, 0.2) is 11.6 Å². The van der Waals surface area contributed by atoms with Gasteiger partial charge in [0, 0.05) is 19.0 Å². The molecule has 1 N–H and O–H groups in total. The number of nitrogens with one attached hydrogen (secondary N) is 1. The predicted molar refractivity (Wildman–Crippen MR) is 96.9 cm³/mol. The molecule has 144 valence electrons. The van der Waals surface area contributed by atoms with Crippen LogP contribution in [-0.4, -0.2) is 54.3 Å². The summed E-state index contributed by atoms with van der Waals surface area (Å²) in [5, 5.41) is 1.41. The van der Waals surface area contributed by atoms with Gasteiger partial charge in [0.2, 0.25) is 11.0 Å². The summed E-state index contributed by atoms with van der Waals surface area (Å²) in [6.07, 6.45) is 1.91. The van der Waals surface area contributed by atoms with Crippen molar-refractivity contribution in [3.8, 4) is 0 Å². The number of aliphatic imine (C=N–C) groups is 1. The second kappa shape index (κ2) is 8.68. The van der Waals surface area contributed by atoms with Gasteiger partial charge in [0.1, 0.15) is 6.02 Å². The molecule has 2 rings (SSSR count). The van der Waals surface area contributed by atoms with Gasteiger partial charge < -0.3 is 5.32 Å². The lowest BCUT2D eigenvalue weighted by Gasteiger charge is -2.29.